The summed E-state index contributed by atoms with van der Waals surface area (Å²) >= 11 is 0. The zero-order chi connectivity index (χ0) is 19.8. The van der Waals surface area contributed by atoms with Crippen LogP contribution in [-0.4, -0.2) is 0 Å². The van der Waals surface area contributed by atoms with Crippen LogP contribution in [0.25, 0.3) is 0 Å². The topological polar surface area (TPSA) is 0 Å². The summed E-state index contributed by atoms with van der Waals surface area (Å²) in [5.41, 5.74) is 0. The lowest BCUT2D eigenvalue weighted by atomic mass is 10.0. The summed E-state index contributed by atoms with van der Waals surface area (Å²) in [5, 5.41) is 0. The van der Waals surface area contributed by atoms with Crippen molar-refractivity contribution in [1.29, 1.82) is 0 Å². The first-order valence-electron chi connectivity index (χ1n) is 12.9. The van der Waals surface area contributed by atoms with E-state index in [9.17, 15) is 0 Å². The summed E-state index contributed by atoms with van der Waals surface area (Å²) in [4.78, 5) is 0. The molecule has 1 unspecified atom stereocenters. The fraction of sp³-hybridized carbons (Fsp3) is 0.926. The molecule has 0 aromatic rings. The normalized spacial score (nSPS) is 12.4. The van der Waals surface area contributed by atoms with Crippen LogP contribution in [0.5, 0.6) is 0 Å². The molecule has 0 aromatic heterocycles. The summed E-state index contributed by atoms with van der Waals surface area (Å²) in [6.07, 6.45) is 34.2. The molecule has 0 heterocycles. The number of hydrogen-bond donors (Lipinski definition) is 0. The lowest BCUT2D eigenvalue weighted by Crippen LogP contribution is -1.89. The van der Waals surface area contributed by atoms with Crippen molar-refractivity contribution in [2.24, 2.45) is 5.92 Å². The van der Waals surface area contributed by atoms with Crippen LogP contribution in [0.2, 0.25) is 0 Å². The predicted molar refractivity (Wildman–Crippen MR) is 127 cm³/mol. The van der Waals surface area contributed by atoms with Gasteiger partial charge in [0.05, 0.1) is 0 Å². The standard InChI is InChI=1S/C27H54/c1-4-6-7-8-9-10-11-12-13-14-15-16-17-18-19-20-21-22-23-24-25-26-27(3)5-2/h5,27H,2,4,6-26H2,1,3H3. The Morgan fingerprint density at radius 3 is 1.00 bits per heavy atom. The van der Waals surface area contributed by atoms with Crippen molar-refractivity contribution in [3.05, 3.63) is 12.7 Å². The Kier molecular flexibility index (Phi) is 23.5. The van der Waals surface area contributed by atoms with Crippen LogP contribution in [-0.2, 0) is 0 Å². The smallest absolute Gasteiger partial charge is 0.0265 e. The van der Waals surface area contributed by atoms with Gasteiger partial charge in [-0.1, -0.05) is 155 Å². The molecule has 0 radical (unpaired) electrons. The maximum atomic E-state index is 3.87. The fourth-order valence-electron chi connectivity index (χ4n) is 4.02. The van der Waals surface area contributed by atoms with Crippen molar-refractivity contribution >= 4 is 0 Å². The van der Waals surface area contributed by atoms with Crippen LogP contribution >= 0.6 is 0 Å². The average molecular weight is 379 g/mol. The van der Waals surface area contributed by atoms with Crippen molar-refractivity contribution in [2.75, 3.05) is 0 Å². The Morgan fingerprint density at radius 2 is 0.741 bits per heavy atom. The van der Waals surface area contributed by atoms with E-state index >= 15 is 0 Å². The van der Waals surface area contributed by atoms with Gasteiger partial charge in [0.25, 0.3) is 0 Å². The maximum absolute atomic E-state index is 3.87. The number of hydrogen-bond acceptors (Lipinski definition) is 0. The van der Waals surface area contributed by atoms with Crippen LogP contribution < -0.4 is 0 Å². The first-order valence-corrected chi connectivity index (χ1v) is 12.9. The zero-order valence-corrected chi connectivity index (χ0v) is 19.4. The zero-order valence-electron chi connectivity index (χ0n) is 19.4. The maximum Gasteiger partial charge on any atom is -0.0265 e. The molecule has 0 N–H and O–H groups in total. The SMILES string of the molecule is C=CC(C)CCCCCCCCCCCCCCCCCCCCCCC. The Labute approximate surface area is 174 Å². The number of rotatable bonds is 23. The highest BCUT2D eigenvalue weighted by Crippen LogP contribution is 2.16. The molecule has 0 aliphatic rings. The van der Waals surface area contributed by atoms with Gasteiger partial charge in [-0.15, -0.1) is 6.58 Å². The Bertz CT molecular complexity index is 267. The van der Waals surface area contributed by atoms with Gasteiger partial charge in [0.2, 0.25) is 0 Å². The van der Waals surface area contributed by atoms with Gasteiger partial charge in [-0.3, -0.25) is 0 Å². The summed E-state index contributed by atoms with van der Waals surface area (Å²) in [6.45, 7) is 8.45. The average Bonchev–Trinajstić information content (AvgIpc) is 2.68. The van der Waals surface area contributed by atoms with Gasteiger partial charge < -0.3 is 0 Å². The largest absolute Gasteiger partial charge is 0.103 e. The molecule has 0 rings (SSSR count). The Morgan fingerprint density at radius 1 is 0.481 bits per heavy atom. The molecule has 0 fully saturated rings. The second-order valence-electron chi connectivity index (χ2n) is 9.07. The third kappa shape index (κ3) is 23.7. The molecule has 0 spiro atoms. The molecule has 0 aliphatic carbocycles. The molecular weight excluding hydrogens is 324 g/mol. The number of allylic oxidation sites excluding steroid dienone is 1. The van der Waals surface area contributed by atoms with Gasteiger partial charge in [-0.25, -0.2) is 0 Å². The minimum Gasteiger partial charge on any atom is -0.103 e. The van der Waals surface area contributed by atoms with E-state index < -0.39 is 0 Å². The van der Waals surface area contributed by atoms with Crippen LogP contribution in [0.15, 0.2) is 12.7 Å². The molecule has 1 atom stereocenters. The molecule has 0 heteroatoms. The summed E-state index contributed by atoms with van der Waals surface area (Å²) in [7, 11) is 0. The second-order valence-corrected chi connectivity index (χ2v) is 9.07. The van der Waals surface area contributed by atoms with E-state index in [0.717, 1.165) is 0 Å². The van der Waals surface area contributed by atoms with E-state index in [-0.39, 0.29) is 0 Å². The van der Waals surface area contributed by atoms with Gasteiger partial charge in [0, 0.05) is 0 Å². The van der Waals surface area contributed by atoms with Crippen LogP contribution in [0.3, 0.4) is 0 Å². The Balaban J connectivity index is 3.00. The molecule has 27 heavy (non-hydrogen) atoms. The van der Waals surface area contributed by atoms with Crippen molar-refractivity contribution in [1.82, 2.24) is 0 Å². The third-order valence-corrected chi connectivity index (χ3v) is 6.17. The molecule has 0 bridgehead atoms. The lowest BCUT2D eigenvalue weighted by molar-refractivity contribution is 0.513. The van der Waals surface area contributed by atoms with Crippen molar-refractivity contribution in [3.8, 4) is 0 Å². The van der Waals surface area contributed by atoms with Gasteiger partial charge in [0.15, 0.2) is 0 Å². The van der Waals surface area contributed by atoms with E-state index in [1.165, 1.54) is 141 Å². The summed E-state index contributed by atoms with van der Waals surface area (Å²) in [5.74, 6) is 0.713. The molecule has 0 amide bonds. The van der Waals surface area contributed by atoms with E-state index in [4.69, 9.17) is 0 Å². The first-order chi connectivity index (χ1) is 13.3. The van der Waals surface area contributed by atoms with Gasteiger partial charge in [-0.2, -0.15) is 0 Å². The van der Waals surface area contributed by atoms with E-state index in [1.807, 2.05) is 0 Å². The monoisotopic (exact) mass is 378 g/mol. The minimum atomic E-state index is 0.713. The lowest BCUT2D eigenvalue weighted by Gasteiger charge is -2.05. The van der Waals surface area contributed by atoms with E-state index in [1.54, 1.807) is 0 Å². The summed E-state index contributed by atoms with van der Waals surface area (Å²) < 4.78 is 0. The molecule has 0 aliphatic heterocycles. The van der Waals surface area contributed by atoms with E-state index in [2.05, 4.69) is 26.5 Å². The Hall–Kier alpha value is -0.260. The van der Waals surface area contributed by atoms with E-state index in [0.29, 0.717) is 5.92 Å². The van der Waals surface area contributed by atoms with Crippen molar-refractivity contribution < 1.29 is 0 Å². The van der Waals surface area contributed by atoms with Crippen molar-refractivity contribution in [3.63, 3.8) is 0 Å². The van der Waals surface area contributed by atoms with Crippen molar-refractivity contribution in [2.45, 2.75) is 155 Å². The van der Waals surface area contributed by atoms with Crippen LogP contribution in [0.4, 0.5) is 0 Å². The highest BCUT2D eigenvalue weighted by molar-refractivity contribution is 4.74. The number of unbranched alkanes of at least 4 members (excludes halogenated alkanes) is 20. The fourth-order valence-corrected chi connectivity index (χ4v) is 4.02. The van der Waals surface area contributed by atoms with Gasteiger partial charge >= 0.3 is 0 Å². The molecular formula is C27H54. The molecule has 0 saturated carbocycles. The van der Waals surface area contributed by atoms with Gasteiger partial charge in [-0.05, 0) is 12.3 Å². The molecule has 0 nitrogen and oxygen atoms in total. The first kappa shape index (κ1) is 26.7. The predicted octanol–water partition coefficient (Wildman–Crippen LogP) is 10.4. The van der Waals surface area contributed by atoms with Crippen LogP contribution in [0.1, 0.15) is 155 Å². The quantitative estimate of drug-likeness (QED) is 0.122. The summed E-state index contributed by atoms with van der Waals surface area (Å²) in [6, 6.07) is 0. The van der Waals surface area contributed by atoms with Crippen LogP contribution in [0, 0.1) is 5.92 Å². The molecule has 162 valence electrons. The third-order valence-electron chi connectivity index (χ3n) is 6.17. The minimum absolute atomic E-state index is 0.713. The molecule has 0 aromatic carbocycles. The second kappa shape index (κ2) is 23.8. The highest BCUT2D eigenvalue weighted by atomic mass is 14.0. The highest BCUT2D eigenvalue weighted by Gasteiger charge is 1.97. The molecule has 0 saturated heterocycles. The van der Waals surface area contributed by atoms with Gasteiger partial charge in [0.1, 0.15) is 0 Å².